The Balaban J connectivity index is 0. The second kappa shape index (κ2) is 6.67. The monoisotopic (exact) mass is 204 g/mol. The predicted octanol–water partition coefficient (Wildman–Crippen LogP) is -4.54. The molecular weight excluding hydrogens is 195 g/mol. The number of carbonyl (C=O) groups excluding carboxylic acids is 1. The van der Waals surface area contributed by atoms with E-state index in [4.69, 9.17) is 0 Å². The summed E-state index contributed by atoms with van der Waals surface area (Å²) in [6, 6.07) is -0.506. The summed E-state index contributed by atoms with van der Waals surface area (Å²) >= 11 is 0. The van der Waals surface area contributed by atoms with Crippen molar-refractivity contribution in [1.82, 2.24) is 10.6 Å². The average molecular weight is 204 g/mol. The molecular formula is C4H9N2NaO4S. The van der Waals surface area contributed by atoms with Crippen molar-refractivity contribution in [3.63, 3.8) is 0 Å². The second-order valence-corrected chi connectivity index (χ2v) is 3.29. The zero-order valence-electron chi connectivity index (χ0n) is 6.96. The number of amides is 2. The SMILES string of the molecule is CNC(=O)NCCS(=O)(=O)[O-].[Na+]. The number of hydrogen-bond donors (Lipinski definition) is 2. The van der Waals surface area contributed by atoms with Gasteiger partial charge in [-0.1, -0.05) is 0 Å². The summed E-state index contributed by atoms with van der Waals surface area (Å²) < 4.78 is 29.9. The van der Waals surface area contributed by atoms with Crippen LogP contribution in [-0.4, -0.2) is 38.3 Å². The molecule has 2 N–H and O–H groups in total. The van der Waals surface area contributed by atoms with Gasteiger partial charge in [-0.15, -0.1) is 0 Å². The molecule has 0 aliphatic heterocycles. The predicted molar refractivity (Wildman–Crippen MR) is 37.0 cm³/mol. The number of hydrogen-bond acceptors (Lipinski definition) is 4. The van der Waals surface area contributed by atoms with Gasteiger partial charge in [0, 0.05) is 13.6 Å². The molecule has 0 saturated carbocycles. The summed E-state index contributed by atoms with van der Waals surface area (Å²) in [6.07, 6.45) is 0. The standard InChI is InChI=1S/C4H10N2O4S.Na/c1-5-4(7)6-2-3-11(8,9)10;/h2-3H2,1H3,(H2,5,6,7)(H,8,9,10);/q;+1/p-1. The van der Waals surface area contributed by atoms with Gasteiger partial charge in [-0.05, 0) is 0 Å². The van der Waals surface area contributed by atoms with E-state index in [2.05, 4.69) is 10.6 Å². The third-order valence-corrected chi connectivity index (χ3v) is 1.57. The number of carbonyl (C=O) groups is 1. The van der Waals surface area contributed by atoms with Crippen LogP contribution in [0.4, 0.5) is 4.79 Å². The fourth-order valence-electron chi connectivity index (χ4n) is 0.378. The van der Waals surface area contributed by atoms with Crippen molar-refractivity contribution in [2.75, 3.05) is 19.3 Å². The molecule has 0 aromatic heterocycles. The van der Waals surface area contributed by atoms with Crippen molar-refractivity contribution in [1.29, 1.82) is 0 Å². The molecule has 0 spiro atoms. The van der Waals surface area contributed by atoms with Gasteiger partial charge in [0.1, 0.15) is 0 Å². The molecule has 0 atom stereocenters. The van der Waals surface area contributed by atoms with Gasteiger partial charge in [-0.25, -0.2) is 13.2 Å². The van der Waals surface area contributed by atoms with E-state index in [1.54, 1.807) is 0 Å². The van der Waals surface area contributed by atoms with Crippen LogP contribution in [0, 0.1) is 0 Å². The zero-order valence-corrected chi connectivity index (χ0v) is 9.77. The minimum atomic E-state index is -4.22. The van der Waals surface area contributed by atoms with Crippen LogP contribution in [0.25, 0.3) is 0 Å². The smallest absolute Gasteiger partial charge is 0.748 e. The summed E-state index contributed by atoms with van der Waals surface area (Å²) in [4.78, 5) is 10.4. The maximum absolute atomic E-state index is 10.4. The van der Waals surface area contributed by atoms with Crippen LogP contribution >= 0.6 is 0 Å². The summed E-state index contributed by atoms with van der Waals surface area (Å²) in [7, 11) is -2.83. The normalized spacial score (nSPS) is 9.83. The van der Waals surface area contributed by atoms with Gasteiger partial charge in [0.05, 0.1) is 15.9 Å². The van der Waals surface area contributed by atoms with E-state index in [1.807, 2.05) is 0 Å². The maximum Gasteiger partial charge on any atom is 1.00 e. The van der Waals surface area contributed by atoms with Crippen molar-refractivity contribution in [3.05, 3.63) is 0 Å². The molecule has 0 heterocycles. The molecule has 0 fully saturated rings. The summed E-state index contributed by atoms with van der Waals surface area (Å²) in [5.41, 5.74) is 0. The van der Waals surface area contributed by atoms with Gasteiger partial charge < -0.3 is 15.2 Å². The van der Waals surface area contributed by atoms with Crippen LogP contribution in [0.3, 0.4) is 0 Å². The Morgan fingerprint density at radius 3 is 2.33 bits per heavy atom. The summed E-state index contributed by atoms with van der Waals surface area (Å²) in [5, 5.41) is 4.36. The zero-order chi connectivity index (χ0) is 8.91. The Labute approximate surface area is 93.1 Å². The minimum Gasteiger partial charge on any atom is -0.748 e. The third-order valence-electron chi connectivity index (χ3n) is 0.865. The van der Waals surface area contributed by atoms with Gasteiger partial charge in [0.2, 0.25) is 0 Å². The molecule has 0 bridgehead atoms. The largest absolute Gasteiger partial charge is 1.00 e. The van der Waals surface area contributed by atoms with Crippen LogP contribution in [0.15, 0.2) is 0 Å². The molecule has 6 nitrogen and oxygen atoms in total. The first-order valence-corrected chi connectivity index (χ1v) is 4.42. The van der Waals surface area contributed by atoms with E-state index in [1.165, 1.54) is 7.05 Å². The van der Waals surface area contributed by atoms with E-state index < -0.39 is 21.9 Å². The van der Waals surface area contributed by atoms with E-state index in [9.17, 15) is 17.8 Å². The van der Waals surface area contributed by atoms with Crippen molar-refractivity contribution in [3.8, 4) is 0 Å². The number of urea groups is 1. The van der Waals surface area contributed by atoms with Crippen molar-refractivity contribution in [2.24, 2.45) is 0 Å². The average Bonchev–Trinajstić information content (AvgIpc) is 1.85. The number of rotatable bonds is 3. The third kappa shape index (κ3) is 10.2. The van der Waals surface area contributed by atoms with Crippen LogP contribution in [-0.2, 0) is 10.1 Å². The molecule has 0 saturated heterocycles. The molecule has 66 valence electrons. The van der Waals surface area contributed by atoms with Crippen LogP contribution in [0.5, 0.6) is 0 Å². The van der Waals surface area contributed by atoms with Gasteiger partial charge in [-0.2, -0.15) is 0 Å². The molecule has 0 rings (SSSR count). The topological polar surface area (TPSA) is 98.3 Å². The fraction of sp³-hybridized carbons (Fsp3) is 0.750. The Kier molecular flexibility index (Phi) is 8.17. The molecule has 0 aromatic rings. The Bertz CT molecular complexity index is 227. The van der Waals surface area contributed by atoms with Crippen LogP contribution in [0.2, 0.25) is 0 Å². The van der Waals surface area contributed by atoms with Crippen molar-refractivity contribution in [2.45, 2.75) is 0 Å². The first kappa shape index (κ1) is 14.7. The van der Waals surface area contributed by atoms with E-state index in [0.29, 0.717) is 0 Å². The maximum atomic E-state index is 10.4. The summed E-state index contributed by atoms with van der Waals surface area (Å²) in [5.74, 6) is -0.583. The van der Waals surface area contributed by atoms with E-state index in [0.717, 1.165) is 0 Å². The van der Waals surface area contributed by atoms with E-state index in [-0.39, 0.29) is 36.1 Å². The van der Waals surface area contributed by atoms with Crippen LogP contribution in [0.1, 0.15) is 0 Å². The molecule has 0 radical (unpaired) electrons. The Morgan fingerprint density at radius 1 is 1.50 bits per heavy atom. The minimum absolute atomic E-state index is 0. The Hall–Kier alpha value is 0.180. The van der Waals surface area contributed by atoms with Crippen molar-refractivity contribution < 1.29 is 47.3 Å². The molecule has 2 amide bonds. The number of nitrogens with one attached hydrogen (secondary N) is 2. The molecule has 0 aliphatic rings. The molecule has 0 unspecified atom stereocenters. The quantitative estimate of drug-likeness (QED) is 0.357. The van der Waals surface area contributed by atoms with Crippen molar-refractivity contribution >= 4 is 16.1 Å². The first-order chi connectivity index (χ1) is 4.95. The second-order valence-electron chi connectivity index (χ2n) is 1.77. The molecule has 0 aromatic carbocycles. The van der Waals surface area contributed by atoms with Crippen LogP contribution < -0.4 is 40.2 Å². The molecule has 8 heteroatoms. The molecule has 12 heavy (non-hydrogen) atoms. The first-order valence-electron chi connectivity index (χ1n) is 2.85. The van der Waals surface area contributed by atoms with Gasteiger partial charge >= 0.3 is 35.6 Å². The van der Waals surface area contributed by atoms with Gasteiger partial charge in [0.15, 0.2) is 0 Å². The fourth-order valence-corrected chi connectivity index (χ4v) is 0.730. The Morgan fingerprint density at radius 2 is 2.00 bits per heavy atom. The summed E-state index contributed by atoms with van der Waals surface area (Å²) in [6.45, 7) is -0.161. The van der Waals surface area contributed by atoms with E-state index >= 15 is 0 Å². The van der Waals surface area contributed by atoms with Gasteiger partial charge in [-0.3, -0.25) is 0 Å². The molecule has 0 aliphatic carbocycles. The van der Waals surface area contributed by atoms with Gasteiger partial charge in [0.25, 0.3) is 0 Å².